The number of aliphatic hydroxyl groups excluding tert-OH is 1. The molecule has 0 bridgehead atoms. The number of carbonyl (C=O) groups is 2. The summed E-state index contributed by atoms with van der Waals surface area (Å²) in [5.74, 6) is -0.943. The van der Waals surface area contributed by atoms with Crippen molar-refractivity contribution < 1.29 is 19.8 Å². The molecule has 12 heteroatoms. The standard InChI is InChI=1S/C19H22N8O4/c1-10(29)24-11-2-3-16(30)15(5-11)26-19-22-7-14(17(20)31)18(27-19)25-13(8-28)4-12-6-21-9-23-12/h2-3,5-7,9,13,28,30H,4,8H2,1H3,(H2,20,31)(H,21,23)(H,24,29)(H2,22,25,26,27). The highest BCUT2D eigenvalue weighted by atomic mass is 16.3. The SMILES string of the molecule is CC(=O)Nc1ccc(O)c(Nc2ncc(C(N)=O)c(NC(CO)Cc3cnc[nH]3)n2)c1. The Morgan fingerprint density at radius 3 is 2.74 bits per heavy atom. The van der Waals surface area contributed by atoms with Crippen LogP contribution in [0.3, 0.4) is 0 Å². The quantitative estimate of drug-likeness (QED) is 0.191. The van der Waals surface area contributed by atoms with E-state index in [-0.39, 0.29) is 41.3 Å². The van der Waals surface area contributed by atoms with Crippen molar-refractivity contribution in [2.75, 3.05) is 22.6 Å². The second kappa shape index (κ2) is 9.54. The van der Waals surface area contributed by atoms with Crippen molar-refractivity contribution in [2.45, 2.75) is 19.4 Å². The van der Waals surface area contributed by atoms with Crippen LogP contribution in [0.15, 0.2) is 36.9 Å². The number of amides is 2. The molecule has 0 aliphatic carbocycles. The molecule has 162 valence electrons. The van der Waals surface area contributed by atoms with Crippen molar-refractivity contribution in [3.63, 3.8) is 0 Å². The van der Waals surface area contributed by atoms with Gasteiger partial charge in [0.25, 0.3) is 5.91 Å². The van der Waals surface area contributed by atoms with Gasteiger partial charge in [0.2, 0.25) is 11.9 Å². The molecule has 0 aliphatic heterocycles. The second-order valence-corrected chi connectivity index (χ2v) is 6.66. The number of nitrogens with zero attached hydrogens (tertiary/aromatic N) is 3. The number of aromatic hydroxyl groups is 1. The summed E-state index contributed by atoms with van der Waals surface area (Å²) in [6, 6.07) is 3.95. The molecular formula is C19H22N8O4. The van der Waals surface area contributed by atoms with E-state index in [2.05, 4.69) is 35.9 Å². The van der Waals surface area contributed by atoms with Crippen molar-refractivity contribution in [1.82, 2.24) is 19.9 Å². The lowest BCUT2D eigenvalue weighted by Crippen LogP contribution is -2.29. The van der Waals surface area contributed by atoms with Crippen LogP contribution in [-0.4, -0.2) is 54.6 Å². The number of carbonyl (C=O) groups excluding carboxylic acids is 2. The average Bonchev–Trinajstić information content (AvgIpc) is 3.22. The molecule has 1 atom stereocenters. The maximum absolute atomic E-state index is 11.8. The van der Waals surface area contributed by atoms with Crippen molar-refractivity contribution in [1.29, 1.82) is 0 Å². The minimum absolute atomic E-state index is 0.0322. The van der Waals surface area contributed by atoms with E-state index in [1.807, 2.05) is 0 Å². The van der Waals surface area contributed by atoms with Gasteiger partial charge < -0.3 is 36.9 Å². The molecule has 0 radical (unpaired) electrons. The molecular weight excluding hydrogens is 404 g/mol. The minimum atomic E-state index is -0.747. The van der Waals surface area contributed by atoms with Gasteiger partial charge in [0.1, 0.15) is 11.6 Å². The molecule has 0 aliphatic rings. The number of imidazole rings is 1. The summed E-state index contributed by atoms with van der Waals surface area (Å²) in [7, 11) is 0. The third-order valence-electron chi connectivity index (χ3n) is 4.20. The van der Waals surface area contributed by atoms with Gasteiger partial charge in [-0.15, -0.1) is 0 Å². The van der Waals surface area contributed by atoms with Crippen molar-refractivity contribution in [2.24, 2.45) is 5.73 Å². The largest absolute Gasteiger partial charge is 0.506 e. The maximum Gasteiger partial charge on any atom is 0.254 e. The van der Waals surface area contributed by atoms with Gasteiger partial charge in [-0.3, -0.25) is 9.59 Å². The number of primary amides is 1. The molecule has 2 amide bonds. The first-order valence-electron chi connectivity index (χ1n) is 9.24. The van der Waals surface area contributed by atoms with Crippen LogP contribution in [-0.2, 0) is 11.2 Å². The van der Waals surface area contributed by atoms with E-state index in [1.165, 1.54) is 37.6 Å². The average molecular weight is 426 g/mol. The fourth-order valence-corrected chi connectivity index (χ4v) is 2.79. The number of aliphatic hydroxyl groups is 1. The van der Waals surface area contributed by atoms with Crippen LogP contribution in [0.25, 0.3) is 0 Å². The number of rotatable bonds is 9. The normalized spacial score (nSPS) is 11.5. The van der Waals surface area contributed by atoms with Gasteiger partial charge in [-0.2, -0.15) is 4.98 Å². The number of anilines is 4. The Hall–Kier alpha value is -4.19. The predicted octanol–water partition coefficient (Wildman–Crippen LogP) is 0.722. The Balaban J connectivity index is 1.86. The van der Waals surface area contributed by atoms with Gasteiger partial charge in [-0.1, -0.05) is 0 Å². The summed E-state index contributed by atoms with van der Waals surface area (Å²) in [6.45, 7) is 1.12. The molecule has 0 saturated heterocycles. The highest BCUT2D eigenvalue weighted by Crippen LogP contribution is 2.29. The fraction of sp³-hybridized carbons (Fsp3) is 0.211. The summed E-state index contributed by atoms with van der Waals surface area (Å²) in [4.78, 5) is 38.3. The number of phenolic OH excluding ortho intramolecular Hbond substituents is 1. The van der Waals surface area contributed by atoms with E-state index < -0.39 is 11.9 Å². The number of benzene rings is 1. The molecule has 0 spiro atoms. The van der Waals surface area contributed by atoms with Crippen LogP contribution in [0.4, 0.5) is 23.1 Å². The molecule has 1 aromatic carbocycles. The predicted molar refractivity (Wildman–Crippen MR) is 113 cm³/mol. The number of phenols is 1. The summed E-state index contributed by atoms with van der Waals surface area (Å²) in [5.41, 5.74) is 6.93. The Morgan fingerprint density at radius 1 is 1.29 bits per heavy atom. The monoisotopic (exact) mass is 426 g/mol. The van der Waals surface area contributed by atoms with Crippen LogP contribution in [0.2, 0.25) is 0 Å². The molecule has 8 N–H and O–H groups in total. The molecule has 2 heterocycles. The first kappa shape index (κ1) is 21.5. The summed E-state index contributed by atoms with van der Waals surface area (Å²) < 4.78 is 0. The zero-order valence-electron chi connectivity index (χ0n) is 16.6. The Kier molecular flexibility index (Phi) is 6.62. The van der Waals surface area contributed by atoms with Crippen molar-refractivity contribution >= 4 is 35.0 Å². The lowest BCUT2D eigenvalue weighted by atomic mass is 10.1. The first-order valence-corrected chi connectivity index (χ1v) is 9.24. The van der Waals surface area contributed by atoms with Gasteiger partial charge in [-0.05, 0) is 18.2 Å². The van der Waals surface area contributed by atoms with E-state index in [0.717, 1.165) is 5.69 Å². The van der Waals surface area contributed by atoms with Crippen molar-refractivity contribution in [3.05, 3.63) is 48.2 Å². The van der Waals surface area contributed by atoms with Crippen LogP contribution in [0.5, 0.6) is 5.75 Å². The van der Waals surface area contributed by atoms with Gasteiger partial charge in [0.15, 0.2) is 0 Å². The third kappa shape index (κ3) is 5.67. The number of nitrogens with two attached hydrogens (primary N) is 1. The number of nitrogens with one attached hydrogen (secondary N) is 4. The van der Waals surface area contributed by atoms with Gasteiger partial charge >= 0.3 is 0 Å². The minimum Gasteiger partial charge on any atom is -0.506 e. The van der Waals surface area contributed by atoms with Crippen LogP contribution < -0.4 is 21.7 Å². The molecule has 3 aromatic rings. The molecule has 12 nitrogen and oxygen atoms in total. The Labute approximate surface area is 177 Å². The number of hydrogen-bond donors (Lipinski definition) is 7. The van der Waals surface area contributed by atoms with Gasteiger partial charge in [0.05, 0.1) is 30.2 Å². The smallest absolute Gasteiger partial charge is 0.254 e. The van der Waals surface area contributed by atoms with Crippen LogP contribution in [0.1, 0.15) is 23.0 Å². The molecule has 3 rings (SSSR count). The second-order valence-electron chi connectivity index (χ2n) is 6.66. The summed E-state index contributed by atoms with van der Waals surface area (Å²) in [6.07, 6.45) is 4.77. The van der Waals surface area contributed by atoms with E-state index in [1.54, 1.807) is 6.20 Å². The van der Waals surface area contributed by atoms with Crippen LogP contribution in [0, 0.1) is 0 Å². The van der Waals surface area contributed by atoms with Crippen LogP contribution >= 0.6 is 0 Å². The Morgan fingerprint density at radius 2 is 2.10 bits per heavy atom. The lowest BCUT2D eigenvalue weighted by molar-refractivity contribution is -0.114. The number of H-pyrrole nitrogens is 1. The molecule has 31 heavy (non-hydrogen) atoms. The fourth-order valence-electron chi connectivity index (χ4n) is 2.79. The van der Waals surface area contributed by atoms with E-state index in [0.29, 0.717) is 12.1 Å². The zero-order valence-corrected chi connectivity index (χ0v) is 16.6. The van der Waals surface area contributed by atoms with Gasteiger partial charge in [-0.25, -0.2) is 9.97 Å². The number of hydrogen-bond acceptors (Lipinski definition) is 9. The van der Waals surface area contributed by atoms with Gasteiger partial charge in [0, 0.05) is 37.1 Å². The van der Waals surface area contributed by atoms with Crippen molar-refractivity contribution in [3.8, 4) is 5.75 Å². The first-order chi connectivity index (χ1) is 14.9. The van der Waals surface area contributed by atoms with E-state index in [4.69, 9.17) is 5.73 Å². The zero-order chi connectivity index (χ0) is 22.4. The lowest BCUT2D eigenvalue weighted by Gasteiger charge is -2.18. The molecule has 1 unspecified atom stereocenters. The third-order valence-corrected chi connectivity index (χ3v) is 4.20. The molecule has 2 aromatic heterocycles. The maximum atomic E-state index is 11.8. The van der Waals surface area contributed by atoms with E-state index >= 15 is 0 Å². The Bertz CT molecular complexity index is 1070. The summed E-state index contributed by atoms with van der Waals surface area (Å²) in [5, 5.41) is 28.3. The molecule has 0 fully saturated rings. The summed E-state index contributed by atoms with van der Waals surface area (Å²) >= 11 is 0. The highest BCUT2D eigenvalue weighted by Gasteiger charge is 2.17. The van der Waals surface area contributed by atoms with E-state index in [9.17, 15) is 19.8 Å². The molecule has 0 saturated carbocycles. The highest BCUT2D eigenvalue weighted by molar-refractivity contribution is 5.97. The number of aromatic amines is 1. The topological polar surface area (TPSA) is 191 Å². The number of aromatic nitrogens is 4.